The molecule has 0 aromatic heterocycles. The van der Waals surface area contributed by atoms with Gasteiger partial charge in [-0.25, -0.2) is 6.57 Å². The Morgan fingerprint density at radius 1 is 0.562 bits per heavy atom. The van der Waals surface area contributed by atoms with Crippen molar-refractivity contribution in [2.24, 2.45) is 0 Å². The normalized spacial score (nSPS) is 10.8. The van der Waals surface area contributed by atoms with Crippen molar-refractivity contribution in [1.29, 1.82) is 0 Å². The summed E-state index contributed by atoms with van der Waals surface area (Å²) in [7, 11) is 0. The van der Waals surface area contributed by atoms with E-state index in [1.165, 1.54) is 127 Å². The van der Waals surface area contributed by atoms with Crippen molar-refractivity contribution in [2.75, 3.05) is 13.2 Å². The van der Waals surface area contributed by atoms with Crippen molar-refractivity contribution in [3.63, 3.8) is 0 Å². The minimum Gasteiger partial charge on any atom is -0.394 e. The summed E-state index contributed by atoms with van der Waals surface area (Å²) in [5.74, 6) is -0.118. The molecule has 1 N–H and O–H groups in total. The van der Waals surface area contributed by atoms with E-state index in [9.17, 15) is 9.59 Å². The monoisotopic (exact) mass is 1600 g/mol. The number of hydrogen-bond donors (Lipinski definition) is 1. The van der Waals surface area contributed by atoms with Crippen LogP contribution in [0.2, 0.25) is 0 Å². The molecule has 2 saturated carbocycles. The number of aliphatic hydroxyl groups is 1. The second-order valence-corrected chi connectivity index (χ2v) is 19.6. The van der Waals surface area contributed by atoms with Gasteiger partial charge in [-0.05, 0) is 6.92 Å². The van der Waals surface area contributed by atoms with E-state index in [4.69, 9.17) is 49.3 Å². The van der Waals surface area contributed by atoms with Crippen LogP contribution in [-0.4, -0.2) is 48.9 Å². The van der Waals surface area contributed by atoms with E-state index in [1.807, 2.05) is 121 Å². The first-order chi connectivity index (χ1) is 37.5. The molecule has 6 nitrogen and oxygen atoms in total. The summed E-state index contributed by atoms with van der Waals surface area (Å²) in [6.45, 7) is 80.6. The van der Waals surface area contributed by atoms with Crippen LogP contribution in [0.15, 0.2) is 97.6 Å². The predicted molar refractivity (Wildman–Crippen MR) is 348 cm³/mol. The molecular weight excluding hydrogens is 1480 g/mol. The van der Waals surface area contributed by atoms with Gasteiger partial charge in [0.25, 0.3) is 5.54 Å². The third kappa shape index (κ3) is 108. The summed E-state index contributed by atoms with van der Waals surface area (Å²) in [6.07, 6.45) is 26.7. The van der Waals surface area contributed by atoms with Crippen LogP contribution in [0.5, 0.6) is 0 Å². The summed E-state index contributed by atoms with van der Waals surface area (Å²) in [4.78, 5) is 30.7. The topological polar surface area (TPSA) is 72.3 Å². The van der Waals surface area contributed by atoms with Gasteiger partial charge in [-0.1, -0.05) is 224 Å². The molecule has 2 unspecified atom stereocenters. The van der Waals surface area contributed by atoms with Crippen LogP contribution in [0.3, 0.4) is 0 Å². The number of benzene rings is 2. The molecule has 0 spiro atoms. The summed E-state index contributed by atoms with van der Waals surface area (Å²) in [5, 5.41) is 9.02. The number of carbonyl (C=O) groups excluding carboxylic acids is 2. The van der Waals surface area contributed by atoms with Gasteiger partial charge in [0.1, 0.15) is 6.61 Å². The van der Waals surface area contributed by atoms with Gasteiger partial charge in [-0.3, -0.25) is 4.79 Å². The molecule has 0 saturated heterocycles. The standard InChI is InChI=1S/C15H17NO2.C12H13NO2.2C5H10.C4H8.2C4H4.2C3H8.C3H6.6C2H6.2W.2Y/c1-4-10-18-12-15(2,16-3)11-14(17)13-8-6-5-7-9-13;1-12(9-14,13-2)8-11(15)10-6-4-3-5-7-10;2*1-2-4-5-3-1;3*1-3-4-2;3*1-3-2;6*1-2;;;;/h5-9H,4,11-12H2,1-2H3;3-7,14H,8-9H2,1H3;2*1-5H2;3H2,1-2H3;2*1-4H;2*3H2,1-2H3;3H,1H2,2H3;6*1-2H3;;;;/q;;;;;2*-2;;;;;;;;;;;;;. The van der Waals surface area contributed by atoms with E-state index in [1.54, 1.807) is 79.6 Å². The Bertz CT molecular complexity index is 1550. The van der Waals surface area contributed by atoms with Gasteiger partial charge in [0.05, 0.1) is 6.42 Å². The number of ether oxygens (including phenoxy) is 1. The Balaban J connectivity index is -0.0000000529. The maximum atomic E-state index is 12.1. The van der Waals surface area contributed by atoms with Gasteiger partial charge in [0, 0.05) is 77.9 Å². The quantitative estimate of drug-likeness (QED) is 0.0885. The fourth-order valence-electron chi connectivity index (χ4n) is 4.50. The summed E-state index contributed by atoms with van der Waals surface area (Å²) < 4.78 is 8.13. The first-order valence-electron chi connectivity index (χ1n) is 29.4. The fraction of sp³-hybridized carbons (Fsp3) is 0.600. The average Bonchev–Trinajstić information content (AvgIpc) is 4.31. The van der Waals surface area contributed by atoms with Crippen molar-refractivity contribution in [1.82, 2.24) is 0 Å². The molecule has 80 heavy (non-hydrogen) atoms. The molecular formula is C70H124N2O4W2Y2-4. The molecule has 2 aliphatic rings. The molecule has 2 aromatic carbocycles. The van der Waals surface area contributed by atoms with E-state index >= 15 is 0 Å². The van der Waals surface area contributed by atoms with Crippen LogP contribution >= 0.6 is 0 Å². The Morgan fingerprint density at radius 3 is 0.938 bits per heavy atom. The number of ketones is 2. The van der Waals surface area contributed by atoms with Gasteiger partial charge >= 0.3 is 168 Å². The van der Waals surface area contributed by atoms with Crippen LogP contribution in [0.1, 0.15) is 276 Å². The number of aliphatic hydroxyl groups excluding tert-OH is 1. The first-order valence-corrected chi connectivity index (χ1v) is 32.3. The van der Waals surface area contributed by atoms with E-state index in [0.29, 0.717) is 11.1 Å². The zero-order chi connectivity index (χ0) is 63.9. The number of rotatable bonds is 14. The molecule has 460 valence electrons. The zero-order valence-electron chi connectivity index (χ0n) is 55.9. The molecule has 0 bridgehead atoms. The van der Waals surface area contributed by atoms with E-state index in [2.05, 4.69) is 57.8 Å². The summed E-state index contributed by atoms with van der Waals surface area (Å²) >= 11 is 2.90. The van der Waals surface area contributed by atoms with Crippen LogP contribution in [0.25, 0.3) is 9.69 Å². The maximum absolute atomic E-state index is 12.1. The molecule has 4 rings (SSSR count). The van der Waals surface area contributed by atoms with Crippen molar-refractivity contribution >= 4 is 19.5 Å². The minimum atomic E-state index is -0.993. The second kappa shape index (κ2) is 109. The summed E-state index contributed by atoms with van der Waals surface area (Å²) in [6, 6.07) is 17.9. The number of hydrogen-bond acceptors (Lipinski definition) is 4. The molecule has 0 amide bonds. The van der Waals surface area contributed by atoms with Gasteiger partial charge in [0.15, 0.2) is 5.78 Å². The molecule has 2 atom stereocenters. The molecule has 2 aromatic rings. The largest absolute Gasteiger partial charge is 0.394 e. The SMILES string of the molecule is C1CCCC1.C1CCCC1.C=CC.CC.CC.CC.CC.CC.CC.CCC.CCC.CC[C](C)=[W].[C-]#[N+]C(C)(CO)CC(=O)c1ccccc1.[C-]#[N+]C(C)(CO[C](=[W])CC)CC(=O)c1ccccc1.[CH-]=CC=[CH-].[CH-]=CC=[CH-].[Y].[Y]. The molecule has 0 aliphatic heterocycles. The van der Waals surface area contributed by atoms with E-state index in [0.717, 1.165) is 10.5 Å². The molecule has 0 heterocycles. The van der Waals surface area contributed by atoms with Crippen molar-refractivity contribution < 1.29 is 124 Å². The summed E-state index contributed by atoms with van der Waals surface area (Å²) in [5.41, 5.74) is -0.546. The van der Waals surface area contributed by atoms with Gasteiger partial charge in [0.2, 0.25) is 0 Å². The second-order valence-electron chi connectivity index (χ2n) is 15.5. The van der Waals surface area contributed by atoms with Gasteiger partial charge in [-0.2, -0.15) is 0 Å². The van der Waals surface area contributed by atoms with Crippen LogP contribution in [-0.2, 0) is 109 Å². The van der Waals surface area contributed by atoms with Gasteiger partial charge < -0.3 is 60.6 Å². The molecule has 10 heteroatoms. The average molecular weight is 1600 g/mol. The minimum absolute atomic E-state index is 0. The van der Waals surface area contributed by atoms with Gasteiger partial charge in [-0.15, -0.1) is 6.58 Å². The molecule has 2 fully saturated rings. The fourth-order valence-corrected chi connectivity index (χ4v) is 4.72. The Labute approximate surface area is 574 Å². The molecule has 2 radical (unpaired) electrons. The van der Waals surface area contributed by atoms with Crippen molar-refractivity contribution in [3.05, 3.63) is 158 Å². The zero-order valence-corrected chi connectivity index (χ0v) is 67.5. The maximum Gasteiger partial charge on any atom is 0 e. The van der Waals surface area contributed by atoms with Crippen LogP contribution in [0, 0.1) is 39.5 Å². The smallest absolute Gasteiger partial charge is 0 e. The Hall–Kier alpha value is -1.30. The first kappa shape index (κ1) is 114. The number of Topliss-reactive ketones (excluding diaryl/α,β-unsaturated/α-hetero) is 2. The Kier molecular flexibility index (Phi) is 155. The number of nitrogens with zero attached hydrogens (tertiary/aromatic N) is 2. The Morgan fingerprint density at radius 2 is 0.775 bits per heavy atom. The van der Waals surface area contributed by atoms with E-state index in [-0.39, 0.29) is 103 Å². The van der Waals surface area contributed by atoms with E-state index < -0.39 is 11.1 Å². The third-order valence-electron chi connectivity index (χ3n) is 8.21. The number of carbonyl (C=O) groups is 2. The molecule has 2 aliphatic carbocycles. The van der Waals surface area contributed by atoms with Crippen LogP contribution in [0.4, 0.5) is 0 Å². The van der Waals surface area contributed by atoms with Crippen molar-refractivity contribution in [2.45, 2.75) is 266 Å². The number of allylic oxidation sites excluding steroid dienone is 5. The predicted octanol–water partition coefficient (Wildman–Crippen LogP) is 22.1. The third-order valence-corrected chi connectivity index (χ3v) is 10.7. The van der Waals surface area contributed by atoms with Crippen molar-refractivity contribution in [3.8, 4) is 0 Å². The van der Waals surface area contributed by atoms with Crippen LogP contribution < -0.4 is 0 Å².